The number of hydrogen-bond acceptors (Lipinski definition) is 2. The van der Waals surface area contributed by atoms with E-state index in [1.165, 1.54) is 41.9 Å². The molecular weight excluding hydrogens is 370 g/mol. The normalized spacial score (nSPS) is 13.5. The maximum atomic E-state index is 5.67. The van der Waals surface area contributed by atoms with Crippen molar-refractivity contribution in [2.24, 2.45) is 0 Å². The number of benzene rings is 2. The Kier molecular flexibility index (Phi) is 5.06. The van der Waals surface area contributed by atoms with Gasteiger partial charge in [0.15, 0.2) is 17.1 Å². The Morgan fingerprint density at radius 1 is 0.867 bits per heavy atom. The first kappa shape index (κ1) is 18.6. The van der Waals surface area contributed by atoms with Crippen LogP contribution >= 0.6 is 0 Å². The van der Waals surface area contributed by atoms with E-state index in [2.05, 4.69) is 62.8 Å². The highest BCUT2D eigenvalue weighted by Gasteiger charge is 2.28. The summed E-state index contributed by atoms with van der Waals surface area (Å²) in [5.74, 6) is 2.25. The third-order valence-electron chi connectivity index (χ3n) is 5.93. The van der Waals surface area contributed by atoms with Crippen molar-refractivity contribution in [3.8, 4) is 33.8 Å². The van der Waals surface area contributed by atoms with E-state index in [0.29, 0.717) is 0 Å². The van der Waals surface area contributed by atoms with Crippen molar-refractivity contribution in [3.63, 3.8) is 0 Å². The molecule has 0 saturated heterocycles. The molecule has 0 aliphatic carbocycles. The van der Waals surface area contributed by atoms with E-state index >= 15 is 0 Å². The zero-order valence-corrected chi connectivity index (χ0v) is 17.3. The lowest BCUT2D eigenvalue weighted by Gasteiger charge is -2.06. The van der Waals surface area contributed by atoms with E-state index in [-0.39, 0.29) is 0 Å². The van der Waals surface area contributed by atoms with Crippen molar-refractivity contribution in [2.45, 2.75) is 32.2 Å². The van der Waals surface area contributed by atoms with Crippen molar-refractivity contribution < 1.29 is 9.30 Å². The molecule has 4 nitrogen and oxygen atoms in total. The standard InChI is InChI=1S/C26H26N3O/c1-30-25-10-5-4-9-23(25)29-19-24(28-17-6-2-3-11-26(28)29)21-14-12-20(13-15-21)22-8-7-16-27-18-22/h4-5,7-10,12-16,18-19H,2-3,6,11,17H2,1H3/q+1. The second-order valence-corrected chi connectivity index (χ2v) is 7.75. The van der Waals surface area contributed by atoms with Crippen LogP contribution in [0.5, 0.6) is 5.75 Å². The summed E-state index contributed by atoms with van der Waals surface area (Å²) in [6, 6.07) is 21.2. The molecule has 4 heteroatoms. The largest absolute Gasteiger partial charge is 0.492 e. The first-order valence-corrected chi connectivity index (χ1v) is 10.6. The van der Waals surface area contributed by atoms with Gasteiger partial charge >= 0.3 is 0 Å². The van der Waals surface area contributed by atoms with E-state index in [4.69, 9.17) is 4.74 Å². The van der Waals surface area contributed by atoms with Gasteiger partial charge in [-0.15, -0.1) is 0 Å². The lowest BCUT2D eigenvalue weighted by Crippen LogP contribution is -2.34. The zero-order chi connectivity index (χ0) is 20.3. The first-order valence-electron chi connectivity index (χ1n) is 10.6. The lowest BCUT2D eigenvalue weighted by atomic mass is 10.0. The molecule has 150 valence electrons. The minimum absolute atomic E-state index is 0.902. The number of hydrogen-bond donors (Lipinski definition) is 0. The Labute approximate surface area is 177 Å². The molecule has 30 heavy (non-hydrogen) atoms. The van der Waals surface area contributed by atoms with Crippen molar-refractivity contribution in [3.05, 3.63) is 85.1 Å². The van der Waals surface area contributed by atoms with Crippen molar-refractivity contribution in [2.75, 3.05) is 7.11 Å². The summed E-state index contributed by atoms with van der Waals surface area (Å²) in [6.45, 7) is 1.05. The van der Waals surface area contributed by atoms with Crippen LogP contribution in [0.3, 0.4) is 0 Å². The number of rotatable bonds is 4. The molecule has 2 aromatic carbocycles. The molecule has 5 rings (SSSR count). The van der Waals surface area contributed by atoms with Crippen LogP contribution < -0.4 is 9.30 Å². The van der Waals surface area contributed by atoms with Gasteiger partial charge in [-0.1, -0.05) is 30.3 Å². The highest BCUT2D eigenvalue weighted by atomic mass is 16.5. The third-order valence-corrected chi connectivity index (χ3v) is 5.93. The van der Waals surface area contributed by atoms with Gasteiger partial charge in [-0.3, -0.25) is 4.98 Å². The molecule has 0 amide bonds. The summed E-state index contributed by atoms with van der Waals surface area (Å²) in [5, 5.41) is 0. The summed E-state index contributed by atoms with van der Waals surface area (Å²) >= 11 is 0. The van der Waals surface area contributed by atoms with Gasteiger partial charge in [0.1, 0.15) is 6.20 Å². The molecule has 0 saturated carbocycles. The molecule has 0 unspecified atom stereocenters. The van der Waals surface area contributed by atoms with Gasteiger partial charge in [0.05, 0.1) is 13.7 Å². The van der Waals surface area contributed by atoms with E-state index in [1.807, 2.05) is 30.6 Å². The van der Waals surface area contributed by atoms with Crippen LogP contribution in [0.15, 0.2) is 79.3 Å². The number of nitrogens with zero attached hydrogens (tertiary/aromatic N) is 3. The summed E-state index contributed by atoms with van der Waals surface area (Å²) in [6.07, 6.45) is 10.8. The van der Waals surface area contributed by atoms with Crippen LogP contribution in [0.2, 0.25) is 0 Å². The Balaban J connectivity index is 1.61. The number of pyridine rings is 1. The van der Waals surface area contributed by atoms with Crippen molar-refractivity contribution in [1.82, 2.24) is 9.55 Å². The molecular formula is C26H26N3O+. The van der Waals surface area contributed by atoms with E-state index < -0.39 is 0 Å². The fourth-order valence-electron chi connectivity index (χ4n) is 4.41. The van der Waals surface area contributed by atoms with E-state index in [0.717, 1.165) is 30.0 Å². The van der Waals surface area contributed by atoms with Crippen LogP contribution in [-0.2, 0) is 13.0 Å². The van der Waals surface area contributed by atoms with Crippen LogP contribution in [0.4, 0.5) is 0 Å². The smallest absolute Gasteiger partial charge is 0.262 e. The molecule has 1 aliphatic rings. The monoisotopic (exact) mass is 396 g/mol. The second-order valence-electron chi connectivity index (χ2n) is 7.75. The topological polar surface area (TPSA) is 30.9 Å². The van der Waals surface area contributed by atoms with Gasteiger partial charge in [0, 0.05) is 24.4 Å². The van der Waals surface area contributed by atoms with Crippen LogP contribution in [-0.4, -0.2) is 16.7 Å². The molecule has 1 aliphatic heterocycles. The molecule has 0 fully saturated rings. The van der Waals surface area contributed by atoms with Crippen LogP contribution in [0.1, 0.15) is 25.1 Å². The Morgan fingerprint density at radius 3 is 2.50 bits per heavy atom. The molecule has 0 radical (unpaired) electrons. The Bertz CT molecular complexity index is 1150. The molecule has 0 bridgehead atoms. The van der Waals surface area contributed by atoms with Crippen molar-refractivity contribution in [1.29, 1.82) is 0 Å². The van der Waals surface area contributed by atoms with Gasteiger partial charge in [0.25, 0.3) is 5.82 Å². The summed E-state index contributed by atoms with van der Waals surface area (Å²) in [7, 11) is 1.74. The average Bonchev–Trinajstić information content (AvgIpc) is 3.00. The Hall–Kier alpha value is -3.40. The summed E-state index contributed by atoms with van der Waals surface area (Å²) < 4.78 is 10.5. The number of imidazole rings is 1. The van der Waals surface area contributed by atoms with E-state index in [1.54, 1.807) is 7.11 Å². The molecule has 0 atom stereocenters. The number of methoxy groups -OCH3 is 1. The molecule has 0 spiro atoms. The highest BCUT2D eigenvalue weighted by molar-refractivity contribution is 5.68. The van der Waals surface area contributed by atoms with Gasteiger partial charge < -0.3 is 4.74 Å². The molecule has 3 heterocycles. The fraction of sp³-hybridized carbons (Fsp3) is 0.231. The average molecular weight is 397 g/mol. The van der Waals surface area contributed by atoms with Crippen LogP contribution in [0, 0.1) is 0 Å². The van der Waals surface area contributed by atoms with Gasteiger partial charge in [0.2, 0.25) is 0 Å². The number of aromatic nitrogens is 3. The zero-order valence-electron chi connectivity index (χ0n) is 17.3. The quantitative estimate of drug-likeness (QED) is 0.442. The predicted octanol–water partition coefficient (Wildman–Crippen LogP) is 5.23. The SMILES string of the molecule is COc1ccccc1-[n+]1cc(-c2ccc(-c3cccnc3)cc2)n2c1CCCCC2. The maximum Gasteiger partial charge on any atom is 0.262 e. The van der Waals surface area contributed by atoms with Crippen molar-refractivity contribution >= 4 is 0 Å². The van der Waals surface area contributed by atoms with Crippen LogP contribution in [0.25, 0.3) is 28.1 Å². The lowest BCUT2D eigenvalue weighted by molar-refractivity contribution is -0.604. The summed E-state index contributed by atoms with van der Waals surface area (Å²) in [4.78, 5) is 4.24. The maximum absolute atomic E-state index is 5.67. The minimum atomic E-state index is 0.902. The first-order chi connectivity index (χ1) is 14.8. The molecule has 2 aromatic heterocycles. The minimum Gasteiger partial charge on any atom is -0.492 e. The summed E-state index contributed by atoms with van der Waals surface area (Å²) in [5.41, 5.74) is 5.92. The van der Waals surface area contributed by atoms with Gasteiger partial charge in [-0.25, -0.2) is 4.57 Å². The number of ether oxygens (including phenoxy) is 1. The highest BCUT2D eigenvalue weighted by Crippen LogP contribution is 2.29. The van der Waals surface area contributed by atoms with E-state index in [9.17, 15) is 0 Å². The predicted molar refractivity (Wildman–Crippen MR) is 119 cm³/mol. The number of fused-ring (bicyclic) bond motifs is 1. The third kappa shape index (κ3) is 3.39. The molecule has 0 N–H and O–H groups in total. The molecule has 4 aromatic rings. The second kappa shape index (κ2) is 8.15. The van der Waals surface area contributed by atoms with Gasteiger partial charge in [-0.2, -0.15) is 4.57 Å². The van der Waals surface area contributed by atoms with Gasteiger partial charge in [-0.05, 0) is 60.7 Å². The fourth-order valence-corrected chi connectivity index (χ4v) is 4.41. The number of para-hydroxylation sites is 2. The Morgan fingerprint density at radius 2 is 1.70 bits per heavy atom.